The number of nitrogens with zero attached hydrogens (tertiary/aromatic N) is 5. The van der Waals surface area contributed by atoms with E-state index in [2.05, 4.69) is 25.5 Å². The first-order valence-electron chi connectivity index (χ1n) is 7.75. The number of carbonyl (C=O) groups is 1. The molecule has 1 fully saturated rings. The Kier molecular flexibility index (Phi) is 3.83. The Labute approximate surface area is 134 Å². The van der Waals surface area contributed by atoms with Crippen molar-refractivity contribution in [3.63, 3.8) is 0 Å². The van der Waals surface area contributed by atoms with Gasteiger partial charge in [-0.1, -0.05) is 20.8 Å². The molecule has 0 radical (unpaired) electrons. The van der Waals surface area contributed by atoms with Crippen molar-refractivity contribution in [1.82, 2.24) is 19.9 Å². The van der Waals surface area contributed by atoms with Crippen molar-refractivity contribution in [2.45, 2.75) is 45.6 Å². The van der Waals surface area contributed by atoms with Crippen molar-refractivity contribution >= 4 is 17.7 Å². The molecule has 2 aromatic heterocycles. The molecule has 0 aromatic carbocycles. The van der Waals surface area contributed by atoms with Gasteiger partial charge < -0.3 is 14.7 Å². The molecule has 0 spiro atoms. The summed E-state index contributed by atoms with van der Waals surface area (Å²) >= 11 is 0. The van der Waals surface area contributed by atoms with Crippen LogP contribution in [-0.2, 0) is 10.2 Å². The predicted molar refractivity (Wildman–Crippen MR) is 85.4 cm³/mol. The first-order valence-corrected chi connectivity index (χ1v) is 7.75. The van der Waals surface area contributed by atoms with Gasteiger partial charge in [-0.25, -0.2) is 0 Å². The first-order chi connectivity index (χ1) is 10.8. The average Bonchev–Trinajstić information content (AvgIpc) is 3.16. The number of hydrogen-bond acceptors (Lipinski definition) is 6. The number of nitrogens with one attached hydrogen (secondary N) is 1. The Hall–Kier alpha value is -2.38. The smallest absolute Gasteiger partial charge is 0.266 e. The van der Waals surface area contributed by atoms with Crippen molar-refractivity contribution in [3.05, 3.63) is 18.2 Å². The lowest BCUT2D eigenvalue weighted by Gasteiger charge is -2.14. The monoisotopic (exact) mass is 318 g/mol. The molecular weight excluding hydrogens is 296 g/mol. The third kappa shape index (κ3) is 3.35. The zero-order valence-electron chi connectivity index (χ0n) is 13.9. The molecule has 0 saturated carbocycles. The molecule has 8 nitrogen and oxygen atoms in total. The number of hydrogen-bond donors (Lipinski definition) is 1. The molecule has 0 unspecified atom stereocenters. The zero-order valence-corrected chi connectivity index (χ0v) is 13.9. The topological polar surface area (TPSA) is 89.1 Å². The summed E-state index contributed by atoms with van der Waals surface area (Å²) in [5.41, 5.74) is -0.153. The maximum absolute atomic E-state index is 11.1. The normalized spacial score (nSPS) is 18.4. The molecule has 1 aliphatic rings. The highest BCUT2D eigenvalue weighted by molar-refractivity contribution is 5.87. The van der Waals surface area contributed by atoms with Gasteiger partial charge in [0.05, 0.1) is 6.04 Å². The van der Waals surface area contributed by atoms with Crippen LogP contribution < -0.4 is 10.2 Å². The fourth-order valence-corrected chi connectivity index (χ4v) is 2.58. The van der Waals surface area contributed by atoms with E-state index in [1.165, 1.54) is 6.92 Å². The number of amides is 1. The molecule has 124 valence electrons. The van der Waals surface area contributed by atoms with Crippen LogP contribution in [0.4, 0.5) is 11.8 Å². The molecule has 8 heteroatoms. The molecular formula is C15H22N6O2. The third-order valence-corrected chi connectivity index (χ3v) is 3.79. The summed E-state index contributed by atoms with van der Waals surface area (Å²) in [7, 11) is 0. The van der Waals surface area contributed by atoms with E-state index in [1.807, 2.05) is 31.6 Å². The lowest BCUT2D eigenvalue weighted by Crippen LogP contribution is -2.22. The van der Waals surface area contributed by atoms with Gasteiger partial charge in [-0.05, 0) is 11.6 Å². The maximum Gasteiger partial charge on any atom is 0.266 e. The summed E-state index contributed by atoms with van der Waals surface area (Å²) < 4.78 is 7.24. The SMILES string of the molecule is CC(=O)Nc1ccn([C@H]2CCN(c3noc(C(C)(C)C)n3)C2)n1. The highest BCUT2D eigenvalue weighted by Gasteiger charge is 2.29. The quantitative estimate of drug-likeness (QED) is 0.930. The van der Waals surface area contributed by atoms with E-state index in [-0.39, 0.29) is 17.4 Å². The minimum absolute atomic E-state index is 0.121. The Morgan fingerprint density at radius 1 is 1.43 bits per heavy atom. The zero-order chi connectivity index (χ0) is 16.6. The van der Waals surface area contributed by atoms with Gasteiger partial charge in [0.2, 0.25) is 11.8 Å². The van der Waals surface area contributed by atoms with E-state index >= 15 is 0 Å². The van der Waals surface area contributed by atoms with E-state index in [4.69, 9.17) is 4.52 Å². The summed E-state index contributed by atoms with van der Waals surface area (Å²) in [6.07, 6.45) is 2.83. The van der Waals surface area contributed by atoms with Crippen molar-refractivity contribution < 1.29 is 9.32 Å². The lowest BCUT2D eigenvalue weighted by molar-refractivity contribution is -0.114. The number of aromatic nitrogens is 4. The second kappa shape index (κ2) is 5.68. The summed E-state index contributed by atoms with van der Waals surface area (Å²) in [6.45, 7) is 9.23. The van der Waals surface area contributed by atoms with Crippen LogP contribution in [0.15, 0.2) is 16.8 Å². The van der Waals surface area contributed by atoms with Gasteiger partial charge in [0.15, 0.2) is 5.82 Å². The third-order valence-electron chi connectivity index (χ3n) is 3.79. The van der Waals surface area contributed by atoms with Crippen LogP contribution in [0.2, 0.25) is 0 Å². The fraction of sp³-hybridized carbons (Fsp3) is 0.600. The fourth-order valence-electron chi connectivity index (χ4n) is 2.58. The highest BCUT2D eigenvalue weighted by atomic mass is 16.5. The van der Waals surface area contributed by atoms with Crippen LogP contribution in [0.5, 0.6) is 0 Å². The second-order valence-electron chi connectivity index (χ2n) is 6.90. The molecule has 1 amide bonds. The largest absolute Gasteiger partial charge is 0.337 e. The van der Waals surface area contributed by atoms with E-state index in [1.54, 1.807) is 6.07 Å². The number of rotatable bonds is 3. The van der Waals surface area contributed by atoms with Crippen LogP contribution >= 0.6 is 0 Å². The van der Waals surface area contributed by atoms with E-state index in [9.17, 15) is 4.79 Å². The van der Waals surface area contributed by atoms with Gasteiger partial charge in [0.25, 0.3) is 5.95 Å². The summed E-state index contributed by atoms with van der Waals surface area (Å²) in [6, 6.07) is 2.03. The Bertz CT molecular complexity index is 699. The van der Waals surface area contributed by atoms with E-state index in [0.717, 1.165) is 19.5 Å². The van der Waals surface area contributed by atoms with Gasteiger partial charge in [0.1, 0.15) is 0 Å². The molecule has 3 heterocycles. The Morgan fingerprint density at radius 3 is 2.87 bits per heavy atom. The van der Waals surface area contributed by atoms with Crippen LogP contribution in [0.3, 0.4) is 0 Å². The lowest BCUT2D eigenvalue weighted by atomic mass is 9.97. The molecule has 1 aliphatic heterocycles. The Balaban J connectivity index is 1.67. The van der Waals surface area contributed by atoms with Crippen molar-refractivity contribution in [1.29, 1.82) is 0 Å². The predicted octanol–water partition coefficient (Wildman–Crippen LogP) is 1.97. The molecule has 23 heavy (non-hydrogen) atoms. The standard InChI is InChI=1S/C15H22N6O2/c1-10(22)16-12-6-8-21(18-12)11-5-7-20(9-11)14-17-13(23-19-14)15(2,3)4/h6,8,11H,5,7,9H2,1-4H3,(H,16,18,22)/t11-/m0/s1. The summed E-state index contributed by atoms with van der Waals surface area (Å²) in [4.78, 5) is 17.7. The van der Waals surface area contributed by atoms with Gasteiger partial charge in [-0.15, -0.1) is 0 Å². The van der Waals surface area contributed by atoms with Gasteiger partial charge >= 0.3 is 0 Å². The summed E-state index contributed by atoms with van der Waals surface area (Å²) in [5.74, 6) is 1.73. The maximum atomic E-state index is 11.1. The van der Waals surface area contributed by atoms with Crippen molar-refractivity contribution in [2.75, 3.05) is 23.3 Å². The van der Waals surface area contributed by atoms with Gasteiger partial charge in [-0.2, -0.15) is 10.1 Å². The van der Waals surface area contributed by atoms with E-state index < -0.39 is 0 Å². The molecule has 0 bridgehead atoms. The van der Waals surface area contributed by atoms with Crippen LogP contribution in [0, 0.1) is 0 Å². The highest BCUT2D eigenvalue weighted by Crippen LogP contribution is 2.27. The minimum atomic E-state index is -0.153. The number of anilines is 2. The molecule has 0 aliphatic carbocycles. The van der Waals surface area contributed by atoms with Gasteiger partial charge in [0, 0.05) is 37.7 Å². The first kappa shape index (κ1) is 15.5. The number of carbonyl (C=O) groups excluding carboxylic acids is 1. The van der Waals surface area contributed by atoms with Crippen LogP contribution in [0.1, 0.15) is 46.0 Å². The average molecular weight is 318 g/mol. The Morgan fingerprint density at radius 2 is 2.22 bits per heavy atom. The van der Waals surface area contributed by atoms with Gasteiger partial charge in [-0.3, -0.25) is 9.48 Å². The minimum Gasteiger partial charge on any atom is -0.337 e. The molecule has 3 rings (SSSR count). The van der Waals surface area contributed by atoms with E-state index in [0.29, 0.717) is 17.7 Å². The second-order valence-corrected chi connectivity index (χ2v) is 6.90. The summed E-state index contributed by atoms with van der Waals surface area (Å²) in [5, 5.41) is 11.2. The van der Waals surface area contributed by atoms with Crippen molar-refractivity contribution in [2.24, 2.45) is 0 Å². The van der Waals surface area contributed by atoms with Crippen LogP contribution in [0.25, 0.3) is 0 Å². The van der Waals surface area contributed by atoms with Crippen molar-refractivity contribution in [3.8, 4) is 0 Å². The molecule has 1 atom stereocenters. The molecule has 2 aromatic rings. The van der Waals surface area contributed by atoms with Crippen LogP contribution in [-0.4, -0.2) is 38.9 Å². The molecule has 1 N–H and O–H groups in total. The molecule has 1 saturated heterocycles.